The highest BCUT2D eigenvalue weighted by molar-refractivity contribution is 5.99. The van der Waals surface area contributed by atoms with Crippen LogP contribution in [0.5, 0.6) is 0 Å². The molecular weight excluding hydrogens is 309 g/mol. The second-order valence-corrected chi connectivity index (χ2v) is 6.34. The molecule has 1 aliphatic rings. The zero-order chi connectivity index (χ0) is 17.4. The van der Waals surface area contributed by atoms with Gasteiger partial charge in [-0.25, -0.2) is 4.39 Å². The Morgan fingerprint density at radius 2 is 2.33 bits per heavy atom. The lowest BCUT2D eigenvalue weighted by Crippen LogP contribution is -2.24. The number of carbonyl (C=O) groups excluding carboxylic acids is 1. The molecule has 1 aromatic carbocycles. The molecule has 1 fully saturated rings. The molecular formula is C17H20FN5O. The number of halogens is 1. The monoisotopic (exact) mass is 329 g/mol. The molecule has 24 heavy (non-hydrogen) atoms. The van der Waals surface area contributed by atoms with Crippen LogP contribution in [0.15, 0.2) is 6.07 Å². The quantitative estimate of drug-likeness (QED) is 0.746. The topological polar surface area (TPSA) is 97.9 Å². The maximum absolute atomic E-state index is 14.7. The fourth-order valence-corrected chi connectivity index (χ4v) is 3.33. The number of fused-ring (bicyclic) bond motifs is 1. The van der Waals surface area contributed by atoms with Crippen LogP contribution >= 0.6 is 0 Å². The molecule has 0 radical (unpaired) electrons. The molecule has 0 aliphatic carbocycles. The lowest BCUT2D eigenvalue weighted by Gasteiger charge is -2.17. The Kier molecular flexibility index (Phi) is 4.06. The first-order valence-electron chi connectivity index (χ1n) is 7.90. The lowest BCUT2D eigenvalue weighted by molar-refractivity contribution is -0.117. The Morgan fingerprint density at radius 3 is 2.96 bits per heavy atom. The van der Waals surface area contributed by atoms with Gasteiger partial charge in [-0.15, -0.1) is 0 Å². The molecule has 2 aromatic rings. The van der Waals surface area contributed by atoms with Crippen LogP contribution in [0, 0.1) is 31.1 Å². The minimum Gasteiger partial charge on any atom is -0.378 e. The predicted molar refractivity (Wildman–Crippen MR) is 89.8 cm³/mol. The van der Waals surface area contributed by atoms with E-state index in [9.17, 15) is 9.18 Å². The lowest BCUT2D eigenvalue weighted by atomic mass is 10.0. The van der Waals surface area contributed by atoms with Crippen molar-refractivity contribution in [2.24, 2.45) is 5.73 Å². The number of benzene rings is 1. The van der Waals surface area contributed by atoms with E-state index in [0.29, 0.717) is 24.3 Å². The molecule has 126 valence electrons. The number of nitrogens with two attached hydrogens (primary N) is 1. The molecule has 3 rings (SSSR count). The van der Waals surface area contributed by atoms with Crippen molar-refractivity contribution < 1.29 is 9.18 Å². The number of H-pyrrole nitrogens is 1. The van der Waals surface area contributed by atoms with Gasteiger partial charge in [0, 0.05) is 30.2 Å². The summed E-state index contributed by atoms with van der Waals surface area (Å²) < 4.78 is 14.7. The van der Waals surface area contributed by atoms with E-state index >= 15 is 0 Å². The molecule has 1 saturated heterocycles. The van der Waals surface area contributed by atoms with Crippen LogP contribution < -0.4 is 11.1 Å². The Labute approximate surface area is 139 Å². The molecule has 2 heterocycles. The smallest absolute Gasteiger partial charge is 0.221 e. The summed E-state index contributed by atoms with van der Waals surface area (Å²) in [5, 5.41) is 13.0. The van der Waals surface area contributed by atoms with Crippen LogP contribution in [-0.2, 0) is 11.2 Å². The number of aryl methyl sites for hydroxylation is 2. The average Bonchev–Trinajstić information content (AvgIpc) is 3.09. The standard InChI is InChI=1S/C17H20FN5O/c1-9-10(2)21-16-11(6-14(20)24)5-13(18)17(15(9)16)22-12-3-4-23(7-12)8-19/h5,12,21-22H,3-4,6-7H2,1-2H3,(H2,20,24)/t12-/m0/s1. The van der Waals surface area contributed by atoms with E-state index in [1.807, 2.05) is 13.8 Å². The molecule has 7 heteroatoms. The third-order valence-electron chi connectivity index (χ3n) is 4.65. The number of amides is 1. The molecule has 6 nitrogen and oxygen atoms in total. The largest absolute Gasteiger partial charge is 0.378 e. The predicted octanol–water partition coefficient (Wildman–Crippen LogP) is 1.92. The van der Waals surface area contributed by atoms with Crippen LogP contribution in [0.2, 0.25) is 0 Å². The van der Waals surface area contributed by atoms with Crippen LogP contribution in [0.1, 0.15) is 23.2 Å². The molecule has 0 saturated carbocycles. The third-order valence-corrected chi connectivity index (χ3v) is 4.65. The average molecular weight is 329 g/mol. The van der Waals surface area contributed by atoms with Gasteiger partial charge in [0.2, 0.25) is 5.91 Å². The van der Waals surface area contributed by atoms with Crippen molar-refractivity contribution in [3.05, 3.63) is 28.7 Å². The van der Waals surface area contributed by atoms with E-state index in [4.69, 9.17) is 11.0 Å². The molecule has 1 amide bonds. The molecule has 4 N–H and O–H groups in total. The van der Waals surface area contributed by atoms with E-state index in [1.165, 1.54) is 6.07 Å². The van der Waals surface area contributed by atoms with Crippen molar-refractivity contribution in [2.45, 2.75) is 32.7 Å². The zero-order valence-corrected chi connectivity index (χ0v) is 13.7. The highest BCUT2D eigenvalue weighted by Crippen LogP contribution is 2.35. The van der Waals surface area contributed by atoms with Crippen molar-refractivity contribution in [3.63, 3.8) is 0 Å². The van der Waals surface area contributed by atoms with Gasteiger partial charge in [-0.1, -0.05) is 0 Å². The fourth-order valence-electron chi connectivity index (χ4n) is 3.33. The molecule has 1 atom stereocenters. The van der Waals surface area contributed by atoms with Crippen molar-refractivity contribution in [1.82, 2.24) is 9.88 Å². The van der Waals surface area contributed by atoms with Gasteiger partial charge in [0.25, 0.3) is 0 Å². The maximum atomic E-state index is 14.7. The Balaban J connectivity index is 2.06. The van der Waals surface area contributed by atoms with Gasteiger partial charge in [0.05, 0.1) is 17.6 Å². The summed E-state index contributed by atoms with van der Waals surface area (Å²) >= 11 is 0. The Morgan fingerprint density at radius 1 is 1.58 bits per heavy atom. The van der Waals surface area contributed by atoms with Crippen molar-refractivity contribution in [3.8, 4) is 6.19 Å². The second-order valence-electron chi connectivity index (χ2n) is 6.34. The number of anilines is 1. The highest BCUT2D eigenvalue weighted by atomic mass is 19.1. The number of carbonyl (C=O) groups is 1. The molecule has 0 spiro atoms. The molecule has 1 aliphatic heterocycles. The minimum atomic E-state index is -0.498. The van der Waals surface area contributed by atoms with E-state index in [1.54, 1.807) is 4.90 Å². The van der Waals surface area contributed by atoms with Crippen molar-refractivity contribution >= 4 is 22.5 Å². The summed E-state index contributed by atoms with van der Waals surface area (Å²) in [5.41, 5.74) is 8.86. The van der Waals surface area contributed by atoms with E-state index in [0.717, 1.165) is 28.6 Å². The number of nitrogens with zero attached hydrogens (tertiary/aromatic N) is 2. The Bertz CT molecular complexity index is 851. The summed E-state index contributed by atoms with van der Waals surface area (Å²) in [7, 11) is 0. The van der Waals surface area contributed by atoms with Gasteiger partial charge in [-0.3, -0.25) is 4.79 Å². The van der Waals surface area contributed by atoms with Gasteiger partial charge >= 0.3 is 0 Å². The Hall–Kier alpha value is -2.75. The number of aromatic amines is 1. The van der Waals surface area contributed by atoms with Crippen LogP contribution in [0.25, 0.3) is 10.9 Å². The van der Waals surface area contributed by atoms with Gasteiger partial charge in [-0.2, -0.15) is 5.26 Å². The van der Waals surface area contributed by atoms with Crippen LogP contribution in [-0.4, -0.2) is 34.9 Å². The summed E-state index contributed by atoms with van der Waals surface area (Å²) in [5.74, 6) is -0.905. The fraction of sp³-hybridized carbons (Fsp3) is 0.412. The van der Waals surface area contributed by atoms with Crippen molar-refractivity contribution in [2.75, 3.05) is 18.4 Å². The summed E-state index contributed by atoms with van der Waals surface area (Å²) in [6.45, 7) is 5.06. The SMILES string of the molecule is Cc1[nH]c2c(CC(N)=O)cc(F)c(N[C@H]3CCN(C#N)C3)c2c1C. The number of hydrogen-bond acceptors (Lipinski definition) is 4. The number of nitriles is 1. The maximum Gasteiger partial charge on any atom is 0.221 e. The molecule has 1 aromatic heterocycles. The summed E-state index contributed by atoms with van der Waals surface area (Å²) in [6.07, 6.45) is 2.88. The number of aromatic nitrogens is 1. The molecule has 0 unspecified atom stereocenters. The second kappa shape index (κ2) is 6.04. The van der Waals surface area contributed by atoms with E-state index in [2.05, 4.69) is 16.5 Å². The number of likely N-dealkylation sites (tertiary alicyclic amines) is 1. The number of hydrogen-bond donors (Lipinski definition) is 3. The first kappa shape index (κ1) is 16.1. The minimum absolute atomic E-state index is 0.0129. The summed E-state index contributed by atoms with van der Waals surface area (Å²) in [6, 6.07) is 1.38. The molecule has 0 bridgehead atoms. The highest BCUT2D eigenvalue weighted by Gasteiger charge is 2.25. The summed E-state index contributed by atoms with van der Waals surface area (Å²) in [4.78, 5) is 16.2. The van der Waals surface area contributed by atoms with Gasteiger partial charge in [0.15, 0.2) is 6.19 Å². The normalized spacial score (nSPS) is 17.2. The van der Waals surface area contributed by atoms with Crippen LogP contribution in [0.3, 0.4) is 0 Å². The van der Waals surface area contributed by atoms with Gasteiger partial charge in [-0.05, 0) is 37.5 Å². The number of primary amides is 1. The van der Waals surface area contributed by atoms with Crippen molar-refractivity contribution in [1.29, 1.82) is 5.26 Å². The van der Waals surface area contributed by atoms with Gasteiger partial charge < -0.3 is 20.9 Å². The van der Waals surface area contributed by atoms with Gasteiger partial charge in [0.1, 0.15) is 5.82 Å². The van der Waals surface area contributed by atoms with Crippen LogP contribution in [0.4, 0.5) is 10.1 Å². The van der Waals surface area contributed by atoms with E-state index < -0.39 is 11.7 Å². The third kappa shape index (κ3) is 2.75. The first-order valence-corrected chi connectivity index (χ1v) is 7.90. The number of nitrogens with one attached hydrogen (secondary N) is 2. The number of rotatable bonds is 4. The zero-order valence-electron chi connectivity index (χ0n) is 13.7. The first-order chi connectivity index (χ1) is 11.4. The van der Waals surface area contributed by atoms with E-state index in [-0.39, 0.29) is 12.5 Å².